The van der Waals surface area contributed by atoms with Crippen molar-refractivity contribution >= 4 is 11.8 Å². The molecule has 3 rings (SSSR count). The molecule has 1 aromatic heterocycles. The summed E-state index contributed by atoms with van der Waals surface area (Å²) in [6.45, 7) is 1.01. The van der Waals surface area contributed by atoms with Gasteiger partial charge in [-0.2, -0.15) is 0 Å². The molecule has 0 spiro atoms. The normalized spacial score (nSPS) is 16.4. The maximum atomic E-state index is 10.2. The Bertz CT molecular complexity index is 556. The van der Waals surface area contributed by atoms with Crippen molar-refractivity contribution in [3.05, 3.63) is 41.7 Å². The van der Waals surface area contributed by atoms with Crippen molar-refractivity contribution in [2.24, 2.45) is 0 Å². The van der Waals surface area contributed by atoms with E-state index in [9.17, 15) is 5.11 Å². The largest absolute Gasteiger partial charge is 0.388 e. The van der Waals surface area contributed by atoms with E-state index in [1.165, 1.54) is 19.3 Å². The fourth-order valence-corrected chi connectivity index (χ4v) is 3.44. The molecule has 1 aliphatic rings. The predicted molar refractivity (Wildman–Crippen MR) is 79.7 cm³/mol. The Labute approximate surface area is 123 Å². The molecular formula is C15H19N3OS. The summed E-state index contributed by atoms with van der Waals surface area (Å²) in [5, 5.41) is 19.7. The minimum atomic E-state index is -0.458. The lowest BCUT2D eigenvalue weighted by Gasteiger charge is -2.11. The third kappa shape index (κ3) is 3.04. The van der Waals surface area contributed by atoms with Gasteiger partial charge >= 0.3 is 0 Å². The van der Waals surface area contributed by atoms with E-state index in [0.29, 0.717) is 5.75 Å². The summed E-state index contributed by atoms with van der Waals surface area (Å²) in [6.07, 6.45) is 4.23. The van der Waals surface area contributed by atoms with Crippen LogP contribution in [0, 0.1) is 0 Å². The number of aryl methyl sites for hydroxylation is 1. The molecule has 4 nitrogen and oxygen atoms in total. The number of aliphatic hydroxyl groups is 1. The standard InChI is InChI=1S/C15H19N3OS/c19-13(12-7-3-1-4-8-12)11-20-15-17-16-14-9-5-2-6-10-18(14)15/h1,3-4,7-8,13,19H,2,5-6,9-11H2. The van der Waals surface area contributed by atoms with Crippen molar-refractivity contribution < 1.29 is 5.11 Å². The maximum Gasteiger partial charge on any atom is 0.191 e. The Balaban J connectivity index is 1.65. The zero-order valence-corrected chi connectivity index (χ0v) is 12.2. The molecule has 5 heteroatoms. The van der Waals surface area contributed by atoms with E-state index in [4.69, 9.17) is 0 Å². The number of fused-ring (bicyclic) bond motifs is 1. The van der Waals surface area contributed by atoms with Crippen LogP contribution in [0.4, 0.5) is 0 Å². The first-order chi connectivity index (χ1) is 9.84. The van der Waals surface area contributed by atoms with Crippen LogP contribution >= 0.6 is 11.8 Å². The fraction of sp³-hybridized carbons (Fsp3) is 0.467. The lowest BCUT2D eigenvalue weighted by atomic mass is 10.1. The third-order valence-corrected chi connectivity index (χ3v) is 4.67. The predicted octanol–water partition coefficient (Wildman–Crippen LogP) is 2.83. The highest BCUT2D eigenvalue weighted by Crippen LogP contribution is 2.26. The zero-order chi connectivity index (χ0) is 13.8. The first-order valence-corrected chi connectivity index (χ1v) is 8.11. The van der Waals surface area contributed by atoms with Gasteiger partial charge in [-0.25, -0.2) is 0 Å². The molecule has 0 radical (unpaired) electrons. The van der Waals surface area contributed by atoms with E-state index in [2.05, 4.69) is 14.8 Å². The average molecular weight is 289 g/mol. The summed E-state index contributed by atoms with van der Waals surface area (Å²) in [5.74, 6) is 1.71. The van der Waals surface area contributed by atoms with Crippen LogP contribution in [0.5, 0.6) is 0 Å². The van der Waals surface area contributed by atoms with Gasteiger partial charge in [0.25, 0.3) is 0 Å². The molecule has 20 heavy (non-hydrogen) atoms. The number of nitrogens with zero attached hydrogens (tertiary/aromatic N) is 3. The minimum Gasteiger partial charge on any atom is -0.388 e. The number of aromatic nitrogens is 3. The highest BCUT2D eigenvalue weighted by Gasteiger charge is 2.16. The molecule has 1 unspecified atom stereocenters. The van der Waals surface area contributed by atoms with E-state index in [0.717, 1.165) is 29.5 Å². The van der Waals surface area contributed by atoms with Crippen molar-refractivity contribution in [3.8, 4) is 0 Å². The van der Waals surface area contributed by atoms with Gasteiger partial charge in [0.1, 0.15) is 5.82 Å². The first kappa shape index (κ1) is 13.6. The summed E-state index contributed by atoms with van der Waals surface area (Å²) in [5.41, 5.74) is 0.954. The summed E-state index contributed by atoms with van der Waals surface area (Å²) < 4.78 is 2.22. The summed E-state index contributed by atoms with van der Waals surface area (Å²) >= 11 is 1.59. The van der Waals surface area contributed by atoms with Crippen molar-refractivity contribution in [1.82, 2.24) is 14.8 Å². The molecule has 0 saturated heterocycles. The van der Waals surface area contributed by atoms with Gasteiger partial charge in [0.05, 0.1) is 6.10 Å². The van der Waals surface area contributed by atoms with Crippen molar-refractivity contribution in [2.45, 2.75) is 43.5 Å². The molecule has 0 fully saturated rings. The van der Waals surface area contributed by atoms with Crippen molar-refractivity contribution in [1.29, 1.82) is 0 Å². The quantitative estimate of drug-likeness (QED) is 0.879. The van der Waals surface area contributed by atoms with Crippen LogP contribution < -0.4 is 0 Å². The molecule has 1 atom stereocenters. The Hall–Kier alpha value is -1.33. The Morgan fingerprint density at radius 3 is 2.85 bits per heavy atom. The Morgan fingerprint density at radius 1 is 1.15 bits per heavy atom. The molecule has 0 saturated carbocycles. The minimum absolute atomic E-state index is 0.458. The van der Waals surface area contributed by atoms with Crippen LogP contribution in [-0.4, -0.2) is 25.6 Å². The molecule has 1 aliphatic heterocycles. The van der Waals surface area contributed by atoms with Gasteiger partial charge in [0.2, 0.25) is 0 Å². The molecule has 2 heterocycles. The molecule has 2 aromatic rings. The SMILES string of the molecule is OC(CSc1nnc2n1CCCCC2)c1ccccc1. The molecule has 0 amide bonds. The second kappa shape index (κ2) is 6.41. The molecule has 1 N–H and O–H groups in total. The summed E-state index contributed by atoms with van der Waals surface area (Å²) in [4.78, 5) is 0. The number of benzene rings is 1. The summed E-state index contributed by atoms with van der Waals surface area (Å²) in [6, 6.07) is 9.77. The molecular weight excluding hydrogens is 270 g/mol. The highest BCUT2D eigenvalue weighted by molar-refractivity contribution is 7.99. The molecule has 106 valence electrons. The van der Waals surface area contributed by atoms with Gasteiger partial charge < -0.3 is 9.67 Å². The number of rotatable bonds is 4. The smallest absolute Gasteiger partial charge is 0.191 e. The third-order valence-electron chi connectivity index (χ3n) is 3.63. The zero-order valence-electron chi connectivity index (χ0n) is 11.4. The highest BCUT2D eigenvalue weighted by atomic mass is 32.2. The molecule has 0 bridgehead atoms. The number of hydrogen-bond acceptors (Lipinski definition) is 4. The van der Waals surface area contributed by atoms with E-state index >= 15 is 0 Å². The van der Waals surface area contributed by atoms with Gasteiger partial charge in [-0.3, -0.25) is 0 Å². The maximum absolute atomic E-state index is 10.2. The Kier molecular flexibility index (Phi) is 4.38. The first-order valence-electron chi connectivity index (χ1n) is 7.12. The second-order valence-corrected chi connectivity index (χ2v) is 6.09. The monoisotopic (exact) mass is 289 g/mol. The van der Waals surface area contributed by atoms with Crippen molar-refractivity contribution in [3.63, 3.8) is 0 Å². The number of hydrogen-bond donors (Lipinski definition) is 1. The number of thioether (sulfide) groups is 1. The molecule has 0 aliphatic carbocycles. The van der Waals surface area contributed by atoms with E-state index in [1.54, 1.807) is 11.8 Å². The summed E-state index contributed by atoms with van der Waals surface area (Å²) in [7, 11) is 0. The molecule has 1 aromatic carbocycles. The lowest BCUT2D eigenvalue weighted by molar-refractivity contribution is 0.204. The van der Waals surface area contributed by atoms with Gasteiger partial charge in [0.15, 0.2) is 5.16 Å². The van der Waals surface area contributed by atoms with Gasteiger partial charge in [-0.15, -0.1) is 10.2 Å². The van der Waals surface area contributed by atoms with Gasteiger partial charge in [-0.1, -0.05) is 48.5 Å². The second-order valence-electron chi connectivity index (χ2n) is 5.10. The van der Waals surface area contributed by atoms with Crippen molar-refractivity contribution in [2.75, 3.05) is 5.75 Å². The van der Waals surface area contributed by atoms with Crippen LogP contribution in [-0.2, 0) is 13.0 Å². The van der Waals surface area contributed by atoms with E-state index < -0.39 is 6.10 Å². The van der Waals surface area contributed by atoms with Crippen LogP contribution in [0.1, 0.15) is 36.8 Å². The Morgan fingerprint density at radius 2 is 2.00 bits per heavy atom. The lowest BCUT2D eigenvalue weighted by Crippen LogP contribution is -2.05. The van der Waals surface area contributed by atoms with Crippen LogP contribution in [0.25, 0.3) is 0 Å². The van der Waals surface area contributed by atoms with Crippen LogP contribution in [0.15, 0.2) is 35.5 Å². The van der Waals surface area contributed by atoms with Gasteiger partial charge in [0, 0.05) is 18.7 Å². The average Bonchev–Trinajstić information content (AvgIpc) is 2.72. The topological polar surface area (TPSA) is 50.9 Å². The van der Waals surface area contributed by atoms with E-state index in [1.807, 2.05) is 30.3 Å². The van der Waals surface area contributed by atoms with Crippen LogP contribution in [0.2, 0.25) is 0 Å². The van der Waals surface area contributed by atoms with E-state index in [-0.39, 0.29) is 0 Å². The van der Waals surface area contributed by atoms with Crippen LogP contribution in [0.3, 0.4) is 0 Å². The van der Waals surface area contributed by atoms with Gasteiger partial charge in [-0.05, 0) is 18.4 Å². The number of aliphatic hydroxyl groups excluding tert-OH is 1. The fourth-order valence-electron chi connectivity index (χ4n) is 2.49.